The number of hydrogen-bond donors (Lipinski definition) is 0. The Morgan fingerprint density at radius 2 is 1.72 bits per heavy atom. The topological polar surface area (TPSA) is 18.5 Å². The summed E-state index contributed by atoms with van der Waals surface area (Å²) in [5, 5.41) is 0.558. The third-order valence-electron chi connectivity index (χ3n) is 3.74. The lowest BCUT2D eigenvalue weighted by molar-refractivity contribution is 0.354. The van der Waals surface area contributed by atoms with Crippen LogP contribution in [0, 0.1) is 11.3 Å². The summed E-state index contributed by atoms with van der Waals surface area (Å²) in [6.45, 7) is 4.45. The molecular formula is C14H18Cl2O2. The zero-order valence-corrected chi connectivity index (χ0v) is 12.6. The van der Waals surface area contributed by atoms with Crippen LogP contribution in [-0.2, 0) is 0 Å². The summed E-state index contributed by atoms with van der Waals surface area (Å²) in [7, 11) is 3.20. The van der Waals surface area contributed by atoms with E-state index in [9.17, 15) is 0 Å². The fraction of sp³-hybridized carbons (Fsp3) is 0.571. The number of methoxy groups -OCH3 is 2. The summed E-state index contributed by atoms with van der Waals surface area (Å²) in [5.74, 6) is 1.76. The molecule has 1 aliphatic carbocycles. The van der Waals surface area contributed by atoms with Crippen molar-refractivity contribution in [2.24, 2.45) is 11.3 Å². The van der Waals surface area contributed by atoms with Crippen LogP contribution in [0.4, 0.5) is 0 Å². The summed E-state index contributed by atoms with van der Waals surface area (Å²) >= 11 is 12.8. The molecule has 0 spiro atoms. The van der Waals surface area contributed by atoms with Gasteiger partial charge in [0.05, 0.1) is 19.6 Å². The van der Waals surface area contributed by atoms with E-state index in [2.05, 4.69) is 13.8 Å². The van der Waals surface area contributed by atoms with Crippen molar-refractivity contribution < 1.29 is 9.47 Å². The van der Waals surface area contributed by atoms with E-state index in [0.717, 1.165) is 12.0 Å². The van der Waals surface area contributed by atoms with Crippen LogP contribution in [0.1, 0.15) is 31.2 Å². The van der Waals surface area contributed by atoms with E-state index in [-0.39, 0.29) is 5.38 Å². The number of alkyl halides is 1. The van der Waals surface area contributed by atoms with E-state index in [1.807, 2.05) is 6.07 Å². The molecule has 0 radical (unpaired) electrons. The smallest absolute Gasteiger partial charge is 0.162 e. The third-order valence-corrected chi connectivity index (χ3v) is 4.61. The highest BCUT2D eigenvalue weighted by atomic mass is 35.5. The van der Waals surface area contributed by atoms with Crippen LogP contribution in [0.25, 0.3) is 0 Å². The summed E-state index contributed by atoms with van der Waals surface area (Å²) < 4.78 is 10.5. The van der Waals surface area contributed by atoms with Crippen molar-refractivity contribution in [2.75, 3.05) is 14.2 Å². The van der Waals surface area contributed by atoms with Gasteiger partial charge in [-0.25, -0.2) is 0 Å². The average Bonchev–Trinajstić information content (AvgIpc) is 2.97. The summed E-state index contributed by atoms with van der Waals surface area (Å²) in [6, 6.07) is 3.65. The lowest BCUT2D eigenvalue weighted by Gasteiger charge is -2.16. The summed E-state index contributed by atoms with van der Waals surface area (Å²) in [5.41, 5.74) is 1.23. The highest BCUT2D eigenvalue weighted by Crippen LogP contribution is 2.61. The van der Waals surface area contributed by atoms with Crippen LogP contribution >= 0.6 is 23.2 Å². The average molecular weight is 289 g/mol. The van der Waals surface area contributed by atoms with Crippen LogP contribution in [0.5, 0.6) is 11.5 Å². The molecule has 0 amide bonds. The minimum Gasteiger partial charge on any atom is -0.493 e. The van der Waals surface area contributed by atoms with Crippen LogP contribution < -0.4 is 9.47 Å². The van der Waals surface area contributed by atoms with Crippen molar-refractivity contribution in [1.29, 1.82) is 0 Å². The predicted molar refractivity (Wildman–Crippen MR) is 75.0 cm³/mol. The highest BCUT2D eigenvalue weighted by Gasteiger charge is 2.50. The maximum absolute atomic E-state index is 6.54. The Balaban J connectivity index is 2.33. The van der Waals surface area contributed by atoms with Gasteiger partial charge in [0.25, 0.3) is 0 Å². The Bertz CT molecular complexity index is 457. The van der Waals surface area contributed by atoms with Gasteiger partial charge < -0.3 is 9.47 Å². The minimum absolute atomic E-state index is 0.0766. The van der Waals surface area contributed by atoms with E-state index in [1.54, 1.807) is 20.3 Å². The number of hydrogen-bond acceptors (Lipinski definition) is 2. The molecule has 18 heavy (non-hydrogen) atoms. The predicted octanol–water partition coefficient (Wildman–Crippen LogP) is 4.68. The quantitative estimate of drug-likeness (QED) is 0.749. The summed E-state index contributed by atoms with van der Waals surface area (Å²) in [6.07, 6.45) is 1.13. The number of halogens is 2. The maximum Gasteiger partial charge on any atom is 0.162 e. The first kappa shape index (κ1) is 13.8. The van der Waals surface area contributed by atoms with Gasteiger partial charge in [0.15, 0.2) is 11.5 Å². The standard InChI is InChI=1S/C14H18Cl2O2/c1-14(2)7-9(14)13(16)8-5-11(17-3)12(18-4)6-10(8)15/h5-6,9,13H,7H2,1-4H3. The molecule has 0 heterocycles. The maximum atomic E-state index is 6.54. The van der Waals surface area contributed by atoms with Crippen LogP contribution in [0.3, 0.4) is 0 Å². The number of benzene rings is 1. The number of rotatable bonds is 4. The van der Waals surface area contributed by atoms with E-state index in [4.69, 9.17) is 32.7 Å². The molecule has 1 aromatic carbocycles. The second kappa shape index (κ2) is 4.82. The Morgan fingerprint density at radius 3 is 2.17 bits per heavy atom. The first-order valence-electron chi connectivity index (χ1n) is 5.96. The fourth-order valence-electron chi connectivity index (χ4n) is 2.31. The Labute approximate surface area is 118 Å². The lowest BCUT2D eigenvalue weighted by Crippen LogP contribution is -2.01. The molecule has 2 rings (SSSR count). The first-order valence-corrected chi connectivity index (χ1v) is 6.77. The van der Waals surface area contributed by atoms with Crippen molar-refractivity contribution >= 4 is 23.2 Å². The summed E-state index contributed by atoms with van der Waals surface area (Å²) in [4.78, 5) is 0. The Hall–Kier alpha value is -0.600. The molecule has 100 valence electrons. The Morgan fingerprint density at radius 1 is 1.22 bits per heavy atom. The van der Waals surface area contributed by atoms with Gasteiger partial charge in [-0.1, -0.05) is 25.4 Å². The first-order chi connectivity index (χ1) is 8.40. The molecule has 2 nitrogen and oxygen atoms in total. The molecule has 0 bridgehead atoms. The third kappa shape index (κ3) is 2.41. The second-order valence-electron chi connectivity index (χ2n) is 5.43. The fourth-order valence-corrected chi connectivity index (χ4v) is 3.24. The normalized spacial score (nSPS) is 22.4. The minimum atomic E-state index is -0.0766. The van der Waals surface area contributed by atoms with Crippen molar-refractivity contribution in [1.82, 2.24) is 0 Å². The monoisotopic (exact) mass is 288 g/mol. The van der Waals surface area contributed by atoms with Crippen molar-refractivity contribution in [3.05, 3.63) is 22.7 Å². The van der Waals surface area contributed by atoms with Gasteiger partial charge in [0.1, 0.15) is 0 Å². The van der Waals surface area contributed by atoms with Gasteiger partial charge in [0.2, 0.25) is 0 Å². The molecule has 1 aromatic rings. The van der Waals surface area contributed by atoms with E-state index in [1.165, 1.54) is 0 Å². The van der Waals surface area contributed by atoms with Crippen LogP contribution in [0.2, 0.25) is 5.02 Å². The van der Waals surface area contributed by atoms with E-state index >= 15 is 0 Å². The molecule has 4 heteroatoms. The molecule has 1 aliphatic rings. The second-order valence-corrected chi connectivity index (χ2v) is 6.31. The van der Waals surface area contributed by atoms with Gasteiger partial charge in [-0.05, 0) is 29.4 Å². The zero-order valence-electron chi connectivity index (χ0n) is 11.1. The van der Waals surface area contributed by atoms with Crippen LogP contribution in [0.15, 0.2) is 12.1 Å². The van der Waals surface area contributed by atoms with Gasteiger partial charge >= 0.3 is 0 Å². The van der Waals surface area contributed by atoms with Crippen molar-refractivity contribution in [2.45, 2.75) is 25.6 Å². The van der Waals surface area contributed by atoms with Crippen LogP contribution in [-0.4, -0.2) is 14.2 Å². The molecule has 2 atom stereocenters. The largest absolute Gasteiger partial charge is 0.493 e. The molecular weight excluding hydrogens is 271 g/mol. The molecule has 0 aliphatic heterocycles. The lowest BCUT2D eigenvalue weighted by atomic mass is 10.0. The van der Waals surface area contributed by atoms with Gasteiger partial charge in [-0.15, -0.1) is 11.6 Å². The Kier molecular flexibility index (Phi) is 3.70. The van der Waals surface area contributed by atoms with E-state index < -0.39 is 0 Å². The molecule has 0 saturated heterocycles. The van der Waals surface area contributed by atoms with Crippen molar-refractivity contribution in [3.8, 4) is 11.5 Å². The molecule has 1 fully saturated rings. The molecule has 2 unspecified atom stereocenters. The van der Waals surface area contributed by atoms with Gasteiger partial charge in [-0.3, -0.25) is 0 Å². The SMILES string of the molecule is COc1cc(Cl)c(C(Cl)C2CC2(C)C)cc1OC. The van der Waals surface area contributed by atoms with Gasteiger partial charge in [0, 0.05) is 11.1 Å². The van der Waals surface area contributed by atoms with E-state index in [0.29, 0.717) is 27.9 Å². The zero-order chi connectivity index (χ0) is 13.5. The number of ether oxygens (including phenoxy) is 2. The van der Waals surface area contributed by atoms with Crippen molar-refractivity contribution in [3.63, 3.8) is 0 Å². The molecule has 0 N–H and O–H groups in total. The van der Waals surface area contributed by atoms with Gasteiger partial charge in [-0.2, -0.15) is 0 Å². The molecule has 0 aromatic heterocycles. The highest BCUT2D eigenvalue weighted by molar-refractivity contribution is 6.33. The molecule has 1 saturated carbocycles.